The predicted octanol–water partition coefficient (Wildman–Crippen LogP) is 3.99. The lowest BCUT2D eigenvalue weighted by atomic mass is 10.1. The molecule has 0 saturated carbocycles. The first-order valence-electron chi connectivity index (χ1n) is 8.86. The van der Waals surface area contributed by atoms with Gasteiger partial charge in [-0.15, -0.1) is 11.3 Å². The Labute approximate surface area is 157 Å². The third-order valence-electron chi connectivity index (χ3n) is 4.45. The molecule has 0 saturated heterocycles. The SMILES string of the molecule is CCOC(=O)c1c(NC(=O)CCc2ccc(OC)cc2)sc2c1CCC2. The van der Waals surface area contributed by atoms with Crippen molar-refractivity contribution in [1.29, 1.82) is 0 Å². The number of thiophene rings is 1. The van der Waals surface area contributed by atoms with E-state index in [9.17, 15) is 9.59 Å². The van der Waals surface area contributed by atoms with Crippen LogP contribution in [-0.4, -0.2) is 25.6 Å². The highest BCUT2D eigenvalue weighted by Crippen LogP contribution is 2.39. The number of ether oxygens (including phenoxy) is 2. The van der Waals surface area contributed by atoms with Gasteiger partial charge in [0.1, 0.15) is 10.8 Å². The van der Waals surface area contributed by atoms with Crippen molar-refractivity contribution >= 4 is 28.2 Å². The lowest BCUT2D eigenvalue weighted by molar-refractivity contribution is -0.116. The van der Waals surface area contributed by atoms with Crippen LogP contribution in [-0.2, 0) is 28.8 Å². The summed E-state index contributed by atoms with van der Waals surface area (Å²) < 4.78 is 10.3. The number of amides is 1. The zero-order valence-electron chi connectivity index (χ0n) is 15.1. The number of methoxy groups -OCH3 is 1. The van der Waals surface area contributed by atoms with Gasteiger partial charge < -0.3 is 14.8 Å². The van der Waals surface area contributed by atoms with Gasteiger partial charge in [0, 0.05) is 11.3 Å². The van der Waals surface area contributed by atoms with Gasteiger partial charge in [0.15, 0.2) is 0 Å². The van der Waals surface area contributed by atoms with Crippen LogP contribution in [0.15, 0.2) is 24.3 Å². The minimum Gasteiger partial charge on any atom is -0.497 e. The molecule has 6 heteroatoms. The number of carbonyl (C=O) groups is 2. The molecule has 2 aromatic rings. The van der Waals surface area contributed by atoms with Gasteiger partial charge in [0.2, 0.25) is 5.91 Å². The summed E-state index contributed by atoms with van der Waals surface area (Å²) in [5.41, 5.74) is 2.68. The van der Waals surface area contributed by atoms with Crippen LogP contribution in [0.4, 0.5) is 5.00 Å². The molecule has 1 amide bonds. The number of anilines is 1. The number of esters is 1. The summed E-state index contributed by atoms with van der Waals surface area (Å²) in [5, 5.41) is 3.56. The van der Waals surface area contributed by atoms with E-state index in [0.717, 1.165) is 36.1 Å². The van der Waals surface area contributed by atoms with Gasteiger partial charge in [-0.2, -0.15) is 0 Å². The number of fused-ring (bicyclic) bond motifs is 1. The van der Waals surface area contributed by atoms with Crippen LogP contribution in [0.25, 0.3) is 0 Å². The number of carbonyl (C=O) groups excluding carboxylic acids is 2. The average Bonchev–Trinajstić information content (AvgIpc) is 3.21. The molecular formula is C20H23NO4S. The Hall–Kier alpha value is -2.34. The van der Waals surface area contributed by atoms with Gasteiger partial charge in [-0.3, -0.25) is 4.79 Å². The van der Waals surface area contributed by atoms with Gasteiger partial charge in [-0.1, -0.05) is 12.1 Å². The molecule has 1 aliphatic rings. The molecule has 1 N–H and O–H groups in total. The highest BCUT2D eigenvalue weighted by Gasteiger charge is 2.28. The smallest absolute Gasteiger partial charge is 0.341 e. The van der Waals surface area contributed by atoms with Crippen molar-refractivity contribution in [2.24, 2.45) is 0 Å². The molecule has 1 aromatic carbocycles. The van der Waals surface area contributed by atoms with E-state index in [4.69, 9.17) is 9.47 Å². The van der Waals surface area contributed by atoms with Gasteiger partial charge >= 0.3 is 5.97 Å². The van der Waals surface area contributed by atoms with Gasteiger partial charge in [-0.25, -0.2) is 4.79 Å². The number of rotatable bonds is 7. The number of aryl methyl sites for hydroxylation is 2. The summed E-state index contributed by atoms with van der Waals surface area (Å²) in [6.45, 7) is 2.12. The topological polar surface area (TPSA) is 64.6 Å². The van der Waals surface area contributed by atoms with Crippen LogP contribution in [0, 0.1) is 0 Å². The molecule has 0 radical (unpaired) electrons. The fourth-order valence-corrected chi connectivity index (χ4v) is 4.44. The van der Waals surface area contributed by atoms with Crippen molar-refractivity contribution in [2.75, 3.05) is 19.0 Å². The summed E-state index contributed by atoms with van der Waals surface area (Å²) in [5.74, 6) is 0.369. The van der Waals surface area contributed by atoms with Crippen molar-refractivity contribution in [2.45, 2.75) is 39.0 Å². The lowest BCUT2D eigenvalue weighted by Crippen LogP contribution is -2.15. The Bertz CT molecular complexity index is 795. The molecule has 26 heavy (non-hydrogen) atoms. The van der Waals surface area contributed by atoms with Crippen LogP contribution in [0.5, 0.6) is 5.75 Å². The zero-order chi connectivity index (χ0) is 18.5. The maximum Gasteiger partial charge on any atom is 0.341 e. The zero-order valence-corrected chi connectivity index (χ0v) is 15.9. The van der Waals surface area contributed by atoms with E-state index >= 15 is 0 Å². The van der Waals surface area contributed by atoms with E-state index in [2.05, 4.69) is 5.32 Å². The molecule has 3 rings (SSSR count). The maximum atomic E-state index is 12.4. The molecule has 1 heterocycles. The molecular weight excluding hydrogens is 350 g/mol. The van der Waals surface area contributed by atoms with Gasteiger partial charge in [0.05, 0.1) is 19.3 Å². The van der Waals surface area contributed by atoms with Gasteiger partial charge in [0.25, 0.3) is 0 Å². The molecule has 0 aliphatic heterocycles. The molecule has 1 aromatic heterocycles. The molecule has 0 atom stereocenters. The number of hydrogen-bond acceptors (Lipinski definition) is 5. The van der Waals surface area contributed by atoms with Crippen molar-refractivity contribution in [1.82, 2.24) is 0 Å². The van der Waals surface area contributed by atoms with E-state index in [0.29, 0.717) is 30.0 Å². The minimum atomic E-state index is -0.336. The Kier molecular flexibility index (Phi) is 5.93. The number of benzene rings is 1. The Morgan fingerprint density at radius 2 is 1.96 bits per heavy atom. The fraction of sp³-hybridized carbons (Fsp3) is 0.400. The monoisotopic (exact) mass is 373 g/mol. The third-order valence-corrected chi connectivity index (χ3v) is 5.66. The maximum absolute atomic E-state index is 12.4. The Morgan fingerprint density at radius 3 is 2.65 bits per heavy atom. The summed E-state index contributed by atoms with van der Waals surface area (Å²) in [6, 6.07) is 7.68. The van der Waals surface area contributed by atoms with Crippen LogP contribution in [0.3, 0.4) is 0 Å². The second kappa shape index (κ2) is 8.36. The third kappa shape index (κ3) is 4.07. The van der Waals surface area contributed by atoms with E-state index in [-0.39, 0.29) is 11.9 Å². The van der Waals surface area contributed by atoms with Crippen molar-refractivity contribution in [3.63, 3.8) is 0 Å². The summed E-state index contributed by atoms with van der Waals surface area (Å²) in [7, 11) is 1.63. The predicted molar refractivity (Wildman–Crippen MR) is 102 cm³/mol. The first-order chi connectivity index (χ1) is 12.6. The van der Waals surface area contributed by atoms with Crippen LogP contribution < -0.4 is 10.1 Å². The van der Waals surface area contributed by atoms with Crippen molar-refractivity contribution < 1.29 is 19.1 Å². The van der Waals surface area contributed by atoms with E-state index < -0.39 is 0 Å². The van der Waals surface area contributed by atoms with E-state index in [1.165, 1.54) is 16.2 Å². The largest absolute Gasteiger partial charge is 0.497 e. The van der Waals surface area contributed by atoms with Crippen LogP contribution in [0.2, 0.25) is 0 Å². The Balaban J connectivity index is 1.66. The van der Waals surface area contributed by atoms with Crippen LogP contribution >= 0.6 is 11.3 Å². The first-order valence-corrected chi connectivity index (χ1v) is 9.68. The van der Waals surface area contributed by atoms with Crippen LogP contribution in [0.1, 0.15) is 46.1 Å². The standard InChI is InChI=1S/C20H23NO4S/c1-3-25-20(23)18-15-5-4-6-16(15)26-19(18)21-17(22)12-9-13-7-10-14(24-2)11-8-13/h7-8,10-11H,3-6,9,12H2,1-2H3,(H,21,22). The summed E-state index contributed by atoms with van der Waals surface area (Å²) in [4.78, 5) is 25.9. The van der Waals surface area contributed by atoms with Crippen molar-refractivity contribution in [3.05, 3.63) is 45.8 Å². The minimum absolute atomic E-state index is 0.0914. The second-order valence-corrected chi connectivity index (χ2v) is 7.28. The highest BCUT2D eigenvalue weighted by molar-refractivity contribution is 7.17. The number of hydrogen-bond donors (Lipinski definition) is 1. The van der Waals surface area contributed by atoms with E-state index in [1.54, 1.807) is 14.0 Å². The molecule has 138 valence electrons. The van der Waals surface area contributed by atoms with Crippen molar-refractivity contribution in [3.8, 4) is 5.75 Å². The quantitative estimate of drug-likeness (QED) is 0.745. The molecule has 0 spiro atoms. The lowest BCUT2D eigenvalue weighted by Gasteiger charge is -2.08. The highest BCUT2D eigenvalue weighted by atomic mass is 32.1. The average molecular weight is 373 g/mol. The fourth-order valence-electron chi connectivity index (χ4n) is 3.15. The van der Waals surface area contributed by atoms with Gasteiger partial charge in [-0.05, 0) is 55.9 Å². The summed E-state index contributed by atoms with van der Waals surface area (Å²) >= 11 is 1.51. The molecule has 0 fully saturated rings. The molecule has 0 bridgehead atoms. The van der Waals surface area contributed by atoms with E-state index in [1.807, 2.05) is 24.3 Å². The normalized spacial score (nSPS) is 12.5. The Morgan fingerprint density at radius 1 is 1.19 bits per heavy atom. The second-order valence-electron chi connectivity index (χ2n) is 6.18. The molecule has 0 unspecified atom stereocenters. The molecule has 5 nitrogen and oxygen atoms in total. The first kappa shape index (κ1) is 18.5. The molecule has 1 aliphatic carbocycles. The summed E-state index contributed by atoms with van der Waals surface area (Å²) in [6.07, 6.45) is 3.89. The number of nitrogens with one attached hydrogen (secondary N) is 1.